The van der Waals surface area contributed by atoms with Crippen molar-refractivity contribution in [2.75, 3.05) is 5.32 Å². The Morgan fingerprint density at radius 3 is 2.92 bits per heavy atom. The van der Waals surface area contributed by atoms with Crippen LogP contribution in [0.5, 0.6) is 0 Å². The average Bonchev–Trinajstić information content (AvgIpc) is 3.20. The zero-order valence-corrected chi connectivity index (χ0v) is 14.4. The van der Waals surface area contributed by atoms with E-state index in [9.17, 15) is 9.59 Å². The molecule has 0 saturated carbocycles. The van der Waals surface area contributed by atoms with Crippen LogP contribution >= 0.6 is 0 Å². The van der Waals surface area contributed by atoms with Gasteiger partial charge < -0.3 is 10.1 Å². The van der Waals surface area contributed by atoms with E-state index in [0.717, 1.165) is 36.2 Å². The summed E-state index contributed by atoms with van der Waals surface area (Å²) < 4.78 is 6.74. The molecule has 0 bridgehead atoms. The Morgan fingerprint density at radius 2 is 2.08 bits per heavy atom. The van der Waals surface area contributed by atoms with Gasteiger partial charge in [0, 0.05) is 17.3 Å². The van der Waals surface area contributed by atoms with E-state index in [-0.39, 0.29) is 17.6 Å². The maximum Gasteiger partial charge on any atom is 0.267 e. The second-order valence-corrected chi connectivity index (χ2v) is 6.79. The standard InChI is InChI=1S/C19H21N3O3/c1-11(22-17(23)9-15-10-25-12(2)18(15)21-22)19(24)20-16-7-6-13-4-3-5-14(13)8-16/h6-9,11-12H,3-5,10H2,1-2H3,(H,20,24)/t11-,12-/m1/s1. The zero-order valence-electron chi connectivity index (χ0n) is 14.4. The number of rotatable bonds is 3. The van der Waals surface area contributed by atoms with Crippen molar-refractivity contribution in [2.45, 2.75) is 51.9 Å². The molecular formula is C19H21N3O3. The molecule has 1 aliphatic heterocycles. The Morgan fingerprint density at radius 1 is 1.28 bits per heavy atom. The number of ether oxygens (including phenoxy) is 1. The molecular weight excluding hydrogens is 318 g/mol. The zero-order chi connectivity index (χ0) is 17.6. The van der Waals surface area contributed by atoms with Gasteiger partial charge in [-0.15, -0.1) is 0 Å². The number of hydrogen-bond donors (Lipinski definition) is 1. The number of nitrogens with zero attached hydrogens (tertiary/aromatic N) is 2. The lowest BCUT2D eigenvalue weighted by molar-refractivity contribution is -0.119. The molecule has 0 unspecified atom stereocenters. The van der Waals surface area contributed by atoms with Crippen molar-refractivity contribution >= 4 is 11.6 Å². The highest BCUT2D eigenvalue weighted by molar-refractivity contribution is 5.93. The van der Waals surface area contributed by atoms with Crippen LogP contribution < -0.4 is 10.9 Å². The number of hydrogen-bond acceptors (Lipinski definition) is 4. The van der Waals surface area contributed by atoms with Crippen molar-refractivity contribution in [1.29, 1.82) is 0 Å². The summed E-state index contributed by atoms with van der Waals surface area (Å²) in [6.07, 6.45) is 3.17. The highest BCUT2D eigenvalue weighted by Gasteiger charge is 2.26. The van der Waals surface area contributed by atoms with E-state index >= 15 is 0 Å². The number of amides is 1. The molecule has 25 heavy (non-hydrogen) atoms. The molecule has 2 aromatic rings. The van der Waals surface area contributed by atoms with Crippen LogP contribution in [-0.4, -0.2) is 15.7 Å². The maximum absolute atomic E-state index is 12.6. The van der Waals surface area contributed by atoms with E-state index in [1.54, 1.807) is 6.92 Å². The fraction of sp³-hybridized carbons (Fsp3) is 0.421. The molecule has 1 aromatic carbocycles. The largest absolute Gasteiger partial charge is 0.367 e. The van der Waals surface area contributed by atoms with E-state index < -0.39 is 6.04 Å². The lowest BCUT2D eigenvalue weighted by Gasteiger charge is -2.16. The Kier molecular flexibility index (Phi) is 3.92. The van der Waals surface area contributed by atoms with E-state index in [1.165, 1.54) is 21.9 Å². The first kappa shape index (κ1) is 16.0. The number of benzene rings is 1. The van der Waals surface area contributed by atoms with Crippen LogP contribution in [0.4, 0.5) is 5.69 Å². The van der Waals surface area contributed by atoms with Gasteiger partial charge in [0.1, 0.15) is 6.04 Å². The van der Waals surface area contributed by atoms with Crippen LogP contribution in [0, 0.1) is 0 Å². The topological polar surface area (TPSA) is 73.2 Å². The van der Waals surface area contributed by atoms with Crippen LogP contribution in [0.25, 0.3) is 0 Å². The highest BCUT2D eigenvalue weighted by Crippen LogP contribution is 2.27. The molecule has 0 radical (unpaired) electrons. The minimum Gasteiger partial charge on any atom is -0.367 e. The fourth-order valence-electron chi connectivity index (χ4n) is 3.56. The van der Waals surface area contributed by atoms with Crippen molar-refractivity contribution in [3.8, 4) is 0 Å². The van der Waals surface area contributed by atoms with Crippen molar-refractivity contribution in [3.63, 3.8) is 0 Å². The van der Waals surface area contributed by atoms with Gasteiger partial charge in [-0.2, -0.15) is 5.10 Å². The first-order valence-electron chi connectivity index (χ1n) is 8.70. The molecule has 2 heterocycles. The van der Waals surface area contributed by atoms with E-state index in [1.807, 2.05) is 19.1 Å². The number of nitrogens with one attached hydrogen (secondary N) is 1. The van der Waals surface area contributed by atoms with E-state index in [2.05, 4.69) is 16.5 Å². The molecule has 2 aliphatic rings. The summed E-state index contributed by atoms with van der Waals surface area (Å²) in [5, 5.41) is 7.28. The smallest absolute Gasteiger partial charge is 0.267 e. The van der Waals surface area contributed by atoms with Gasteiger partial charge in [-0.1, -0.05) is 6.07 Å². The lowest BCUT2D eigenvalue weighted by atomic mass is 10.1. The van der Waals surface area contributed by atoms with Crippen molar-refractivity contribution in [2.24, 2.45) is 0 Å². The second kappa shape index (κ2) is 6.11. The SMILES string of the molecule is C[C@H](C(=O)Nc1ccc2c(c1)CCC2)n1nc2c(cc1=O)CO[C@@H]2C. The molecule has 1 aliphatic carbocycles. The van der Waals surface area contributed by atoms with Crippen LogP contribution in [0.2, 0.25) is 0 Å². The Balaban J connectivity index is 1.57. The first-order chi connectivity index (χ1) is 12.0. The Hall–Kier alpha value is -2.47. The number of carbonyl (C=O) groups excluding carboxylic acids is 1. The fourth-order valence-corrected chi connectivity index (χ4v) is 3.56. The van der Waals surface area contributed by atoms with E-state index in [4.69, 9.17) is 4.74 Å². The summed E-state index contributed by atoms with van der Waals surface area (Å²) in [4.78, 5) is 24.9. The summed E-state index contributed by atoms with van der Waals surface area (Å²) in [5.74, 6) is -0.251. The molecule has 6 nitrogen and oxygen atoms in total. The number of carbonyl (C=O) groups is 1. The maximum atomic E-state index is 12.6. The quantitative estimate of drug-likeness (QED) is 0.932. The third-order valence-corrected chi connectivity index (χ3v) is 5.05. The molecule has 1 amide bonds. The van der Waals surface area contributed by atoms with Gasteiger partial charge in [0.05, 0.1) is 18.4 Å². The van der Waals surface area contributed by atoms with Crippen LogP contribution in [0.15, 0.2) is 29.1 Å². The number of aromatic nitrogens is 2. The van der Waals surface area contributed by atoms with Crippen molar-refractivity contribution in [3.05, 3.63) is 57.0 Å². The van der Waals surface area contributed by atoms with Crippen LogP contribution in [-0.2, 0) is 29.0 Å². The van der Waals surface area contributed by atoms with Gasteiger partial charge in [-0.3, -0.25) is 9.59 Å². The molecule has 0 spiro atoms. The van der Waals surface area contributed by atoms with Crippen LogP contribution in [0.1, 0.15) is 54.8 Å². The summed E-state index contributed by atoms with van der Waals surface area (Å²) in [6.45, 7) is 3.97. The summed E-state index contributed by atoms with van der Waals surface area (Å²) in [6, 6.07) is 6.84. The van der Waals surface area contributed by atoms with Gasteiger partial charge in [0.15, 0.2) is 0 Å². The van der Waals surface area contributed by atoms with Gasteiger partial charge in [0.2, 0.25) is 5.91 Å². The van der Waals surface area contributed by atoms with Gasteiger partial charge in [0.25, 0.3) is 5.56 Å². The first-order valence-corrected chi connectivity index (χ1v) is 8.70. The Labute approximate surface area is 145 Å². The van der Waals surface area contributed by atoms with Crippen LogP contribution in [0.3, 0.4) is 0 Å². The minimum atomic E-state index is -0.696. The molecule has 1 N–H and O–H groups in total. The number of anilines is 1. The predicted octanol–water partition coefficient (Wildman–Crippen LogP) is 2.52. The third-order valence-electron chi connectivity index (χ3n) is 5.05. The van der Waals surface area contributed by atoms with Gasteiger partial charge >= 0.3 is 0 Å². The van der Waals surface area contributed by atoms with E-state index in [0.29, 0.717) is 6.61 Å². The molecule has 0 fully saturated rings. The molecule has 2 atom stereocenters. The van der Waals surface area contributed by atoms with Crippen molar-refractivity contribution < 1.29 is 9.53 Å². The molecule has 4 rings (SSSR count). The minimum absolute atomic E-state index is 0.158. The molecule has 130 valence electrons. The number of aryl methyl sites for hydroxylation is 2. The number of fused-ring (bicyclic) bond motifs is 2. The second-order valence-electron chi connectivity index (χ2n) is 6.79. The third kappa shape index (κ3) is 2.87. The van der Waals surface area contributed by atoms with Crippen molar-refractivity contribution in [1.82, 2.24) is 9.78 Å². The van der Waals surface area contributed by atoms with Gasteiger partial charge in [-0.25, -0.2) is 4.68 Å². The van der Waals surface area contributed by atoms with Gasteiger partial charge in [-0.05, 0) is 56.4 Å². The molecule has 1 aromatic heterocycles. The molecule has 0 saturated heterocycles. The summed E-state index contributed by atoms with van der Waals surface area (Å²) in [7, 11) is 0. The lowest BCUT2D eigenvalue weighted by Crippen LogP contribution is -2.34. The summed E-state index contributed by atoms with van der Waals surface area (Å²) >= 11 is 0. The average molecular weight is 339 g/mol. The molecule has 6 heteroatoms. The highest BCUT2D eigenvalue weighted by atomic mass is 16.5. The predicted molar refractivity (Wildman–Crippen MR) is 93.5 cm³/mol. The monoisotopic (exact) mass is 339 g/mol. The normalized spacial score (nSPS) is 19.4. The Bertz CT molecular complexity index is 903. The summed E-state index contributed by atoms with van der Waals surface area (Å²) in [5.41, 5.74) is 4.68.